The minimum absolute atomic E-state index is 0.0163. The van der Waals surface area contributed by atoms with Crippen LogP contribution in [0.2, 0.25) is 0 Å². The van der Waals surface area contributed by atoms with Gasteiger partial charge in [-0.3, -0.25) is 9.48 Å². The fraction of sp³-hybridized carbons (Fsp3) is 0.238. The molecule has 2 aromatic heterocycles. The quantitative estimate of drug-likeness (QED) is 0.639. The number of hydrogen-bond acceptors (Lipinski definition) is 6. The van der Waals surface area contributed by atoms with Crippen molar-refractivity contribution in [2.45, 2.75) is 26.9 Å². The lowest BCUT2D eigenvalue weighted by Gasteiger charge is -2.11. The number of amides is 1. The first kappa shape index (κ1) is 19.9. The number of nitriles is 1. The van der Waals surface area contributed by atoms with Gasteiger partial charge in [0, 0.05) is 18.4 Å². The van der Waals surface area contributed by atoms with Crippen LogP contribution in [0, 0.1) is 25.2 Å². The van der Waals surface area contributed by atoms with E-state index in [0.29, 0.717) is 30.2 Å². The second kappa shape index (κ2) is 8.89. The Morgan fingerprint density at radius 3 is 2.76 bits per heavy atom. The molecule has 0 saturated heterocycles. The summed E-state index contributed by atoms with van der Waals surface area (Å²) < 4.78 is 6.93. The highest BCUT2D eigenvalue weighted by atomic mass is 16.5. The average Bonchev–Trinajstić information content (AvgIpc) is 3.15. The molecule has 2 heterocycles. The Morgan fingerprint density at radius 1 is 1.31 bits per heavy atom. The Morgan fingerprint density at radius 2 is 2.07 bits per heavy atom. The molecule has 0 radical (unpaired) electrons. The van der Waals surface area contributed by atoms with Gasteiger partial charge in [-0.25, -0.2) is 4.98 Å². The van der Waals surface area contributed by atoms with Crippen LogP contribution in [0.25, 0.3) is 0 Å². The molecular formula is C21H22N6O2. The van der Waals surface area contributed by atoms with Crippen molar-refractivity contribution in [2.75, 3.05) is 12.3 Å². The molecule has 3 N–H and O–H groups in total. The molecule has 0 fully saturated rings. The number of anilines is 1. The summed E-state index contributed by atoms with van der Waals surface area (Å²) in [7, 11) is 0. The maximum atomic E-state index is 12.5. The van der Waals surface area contributed by atoms with Crippen molar-refractivity contribution in [1.82, 2.24) is 20.1 Å². The SMILES string of the molecule is Cc1cc(N)nc(C)c1CNC(=O)c1cnn(Cc2ccc(OCC#N)cc2)c1. The van der Waals surface area contributed by atoms with Crippen LogP contribution in [-0.4, -0.2) is 27.3 Å². The van der Waals surface area contributed by atoms with Gasteiger partial charge < -0.3 is 15.8 Å². The number of nitrogens with zero attached hydrogens (tertiary/aromatic N) is 4. The van der Waals surface area contributed by atoms with Crippen LogP contribution in [0.15, 0.2) is 42.7 Å². The van der Waals surface area contributed by atoms with Crippen molar-refractivity contribution in [3.63, 3.8) is 0 Å². The lowest BCUT2D eigenvalue weighted by atomic mass is 10.1. The number of pyridine rings is 1. The predicted octanol–water partition coefficient (Wildman–Crippen LogP) is 2.36. The van der Waals surface area contributed by atoms with Gasteiger partial charge in [-0.15, -0.1) is 0 Å². The van der Waals surface area contributed by atoms with Crippen molar-refractivity contribution in [3.8, 4) is 11.8 Å². The minimum atomic E-state index is -0.202. The van der Waals surface area contributed by atoms with E-state index in [4.69, 9.17) is 15.7 Å². The first-order valence-corrected chi connectivity index (χ1v) is 9.08. The predicted molar refractivity (Wildman–Crippen MR) is 108 cm³/mol. The van der Waals surface area contributed by atoms with Crippen LogP contribution in [0.5, 0.6) is 5.75 Å². The van der Waals surface area contributed by atoms with Gasteiger partial charge in [-0.1, -0.05) is 12.1 Å². The molecule has 0 aliphatic rings. The van der Waals surface area contributed by atoms with E-state index < -0.39 is 0 Å². The molecule has 0 atom stereocenters. The summed E-state index contributed by atoms with van der Waals surface area (Å²) in [6.07, 6.45) is 3.25. The van der Waals surface area contributed by atoms with E-state index in [1.54, 1.807) is 35.3 Å². The number of carbonyl (C=O) groups is 1. The summed E-state index contributed by atoms with van der Waals surface area (Å²) in [4.78, 5) is 16.7. The fourth-order valence-corrected chi connectivity index (χ4v) is 2.99. The monoisotopic (exact) mass is 390 g/mol. The van der Waals surface area contributed by atoms with Crippen LogP contribution in [-0.2, 0) is 13.1 Å². The Bertz CT molecular complexity index is 1030. The zero-order chi connectivity index (χ0) is 20.8. The third-order valence-corrected chi connectivity index (χ3v) is 4.47. The Hall–Kier alpha value is -3.86. The van der Waals surface area contributed by atoms with Crippen molar-refractivity contribution in [1.29, 1.82) is 5.26 Å². The van der Waals surface area contributed by atoms with Gasteiger partial charge in [0.05, 0.1) is 18.3 Å². The third kappa shape index (κ3) is 5.11. The first-order chi connectivity index (χ1) is 14.0. The van der Waals surface area contributed by atoms with Crippen LogP contribution in [0.3, 0.4) is 0 Å². The van der Waals surface area contributed by atoms with Crippen molar-refractivity contribution in [2.24, 2.45) is 0 Å². The van der Waals surface area contributed by atoms with Crippen molar-refractivity contribution in [3.05, 3.63) is 70.7 Å². The lowest BCUT2D eigenvalue weighted by molar-refractivity contribution is 0.0950. The number of aryl methyl sites for hydroxylation is 2. The topological polar surface area (TPSA) is 119 Å². The van der Waals surface area contributed by atoms with E-state index in [0.717, 1.165) is 22.4 Å². The maximum Gasteiger partial charge on any atom is 0.254 e. The summed E-state index contributed by atoms with van der Waals surface area (Å²) in [6.45, 7) is 4.73. The Labute approximate surface area is 168 Å². The summed E-state index contributed by atoms with van der Waals surface area (Å²) in [5, 5.41) is 15.7. The van der Waals surface area contributed by atoms with Gasteiger partial charge >= 0.3 is 0 Å². The summed E-state index contributed by atoms with van der Waals surface area (Å²) in [6, 6.07) is 11.1. The molecule has 8 nitrogen and oxygen atoms in total. The van der Waals surface area contributed by atoms with Crippen LogP contribution < -0.4 is 15.8 Å². The smallest absolute Gasteiger partial charge is 0.254 e. The average molecular weight is 390 g/mol. The van der Waals surface area contributed by atoms with Crippen LogP contribution in [0.4, 0.5) is 5.82 Å². The zero-order valence-electron chi connectivity index (χ0n) is 16.3. The summed E-state index contributed by atoms with van der Waals surface area (Å²) in [5.41, 5.74) is 9.99. The molecule has 1 aromatic carbocycles. The zero-order valence-corrected chi connectivity index (χ0v) is 16.3. The van der Waals surface area contributed by atoms with Crippen LogP contribution in [0.1, 0.15) is 32.7 Å². The molecule has 29 heavy (non-hydrogen) atoms. The second-order valence-corrected chi connectivity index (χ2v) is 6.63. The number of benzene rings is 1. The van der Waals surface area contributed by atoms with Gasteiger partial charge in [0.15, 0.2) is 6.61 Å². The highest BCUT2D eigenvalue weighted by Gasteiger charge is 2.11. The third-order valence-electron chi connectivity index (χ3n) is 4.47. The number of rotatable bonds is 7. The van der Waals surface area contributed by atoms with Crippen molar-refractivity contribution >= 4 is 11.7 Å². The Kier molecular flexibility index (Phi) is 6.09. The highest BCUT2D eigenvalue weighted by molar-refractivity contribution is 5.93. The standard InChI is InChI=1S/C21H22N6O2/c1-14-9-20(23)26-15(2)19(14)11-24-21(28)17-10-25-27(13-17)12-16-3-5-18(6-4-16)29-8-7-22/h3-6,9-10,13H,8,11-12H2,1-2H3,(H2,23,26)(H,24,28). The van der Waals surface area contributed by atoms with Gasteiger partial charge in [0.25, 0.3) is 5.91 Å². The normalized spacial score (nSPS) is 10.4. The lowest BCUT2D eigenvalue weighted by Crippen LogP contribution is -2.23. The molecule has 1 amide bonds. The van der Waals surface area contributed by atoms with Gasteiger partial charge in [-0.05, 0) is 48.7 Å². The summed E-state index contributed by atoms with van der Waals surface area (Å²) >= 11 is 0. The van der Waals surface area contributed by atoms with Gasteiger partial charge in [0.2, 0.25) is 0 Å². The fourth-order valence-electron chi connectivity index (χ4n) is 2.99. The molecule has 0 saturated carbocycles. The molecule has 3 rings (SSSR count). The largest absolute Gasteiger partial charge is 0.479 e. The molecule has 8 heteroatoms. The molecule has 0 bridgehead atoms. The summed E-state index contributed by atoms with van der Waals surface area (Å²) in [5.74, 6) is 0.909. The minimum Gasteiger partial charge on any atom is -0.479 e. The van der Waals surface area contributed by atoms with Crippen LogP contribution >= 0.6 is 0 Å². The number of nitrogens with one attached hydrogen (secondary N) is 1. The molecule has 148 valence electrons. The van der Waals surface area contributed by atoms with Crippen molar-refractivity contribution < 1.29 is 9.53 Å². The number of ether oxygens (including phenoxy) is 1. The van der Waals surface area contributed by atoms with E-state index >= 15 is 0 Å². The van der Waals surface area contributed by atoms with E-state index in [1.165, 1.54) is 0 Å². The first-order valence-electron chi connectivity index (χ1n) is 9.08. The van der Waals surface area contributed by atoms with E-state index in [9.17, 15) is 4.79 Å². The number of nitrogens with two attached hydrogens (primary N) is 1. The molecule has 0 unspecified atom stereocenters. The number of hydrogen-bond donors (Lipinski definition) is 2. The number of carbonyl (C=O) groups excluding carboxylic acids is 1. The van der Waals surface area contributed by atoms with E-state index in [2.05, 4.69) is 15.4 Å². The Balaban J connectivity index is 1.59. The van der Waals surface area contributed by atoms with Gasteiger partial charge in [0.1, 0.15) is 17.6 Å². The van der Waals surface area contributed by atoms with E-state index in [-0.39, 0.29) is 12.5 Å². The molecule has 0 aliphatic carbocycles. The molecular weight excluding hydrogens is 368 g/mol. The van der Waals surface area contributed by atoms with E-state index in [1.807, 2.05) is 32.0 Å². The maximum absolute atomic E-state index is 12.5. The van der Waals surface area contributed by atoms with Gasteiger partial charge in [-0.2, -0.15) is 10.4 Å². The molecule has 0 spiro atoms. The number of nitrogen functional groups attached to an aromatic ring is 1. The highest BCUT2D eigenvalue weighted by Crippen LogP contribution is 2.15. The molecule has 0 aliphatic heterocycles. The second-order valence-electron chi connectivity index (χ2n) is 6.63. The number of aromatic nitrogens is 3. The molecule has 3 aromatic rings.